The Bertz CT molecular complexity index is 646. The Balaban J connectivity index is 2.71. The first-order valence-corrected chi connectivity index (χ1v) is 5.81. The Kier molecular flexibility index (Phi) is 3.53. The average molecular weight is 280 g/mol. The van der Waals surface area contributed by atoms with E-state index in [1.54, 1.807) is 30.3 Å². The van der Waals surface area contributed by atoms with E-state index >= 15 is 0 Å². The van der Waals surface area contributed by atoms with Crippen LogP contribution in [0.1, 0.15) is 21.5 Å². The van der Waals surface area contributed by atoms with Crippen LogP contribution < -0.4 is 0 Å². The first-order chi connectivity index (χ1) is 9.30. The number of aryl methyl sites for hydroxylation is 1. The summed E-state index contributed by atoms with van der Waals surface area (Å²) < 4.78 is 38.5. The van der Waals surface area contributed by atoms with Gasteiger partial charge in [-0.1, -0.05) is 30.3 Å². The highest BCUT2D eigenvalue weighted by molar-refractivity contribution is 5.96. The fraction of sp³-hybridized carbons (Fsp3) is 0.133. The third-order valence-corrected chi connectivity index (χ3v) is 2.99. The maximum absolute atomic E-state index is 12.8. The number of rotatable bonds is 2. The van der Waals surface area contributed by atoms with Crippen molar-refractivity contribution in [3.05, 3.63) is 59.2 Å². The lowest BCUT2D eigenvalue weighted by molar-refractivity contribution is -0.138. The molecule has 0 aliphatic rings. The van der Waals surface area contributed by atoms with E-state index < -0.39 is 17.7 Å². The molecule has 0 radical (unpaired) electrons. The number of hydrogen-bond acceptors (Lipinski definition) is 1. The molecule has 0 atom stereocenters. The summed E-state index contributed by atoms with van der Waals surface area (Å²) in [5, 5.41) is 9.14. The zero-order chi connectivity index (χ0) is 14.9. The molecule has 0 spiro atoms. The summed E-state index contributed by atoms with van der Waals surface area (Å²) in [6, 6.07) is 10.4. The van der Waals surface area contributed by atoms with Crippen molar-refractivity contribution in [3.63, 3.8) is 0 Å². The van der Waals surface area contributed by atoms with Gasteiger partial charge in [0.2, 0.25) is 0 Å². The van der Waals surface area contributed by atoms with Crippen molar-refractivity contribution in [1.82, 2.24) is 0 Å². The number of benzene rings is 2. The zero-order valence-corrected chi connectivity index (χ0v) is 10.5. The summed E-state index contributed by atoms with van der Waals surface area (Å²) in [5.74, 6) is -1.38. The standard InChI is InChI=1S/C15H11F3O2/c1-9-7-11(10-5-3-2-4-6-10)12(14(19)20)8-13(9)15(16,17)18/h2-8H,1H3,(H,19,20). The number of hydrogen-bond donors (Lipinski definition) is 1. The Morgan fingerprint density at radius 2 is 1.70 bits per heavy atom. The lowest BCUT2D eigenvalue weighted by Gasteiger charge is -2.14. The molecule has 2 rings (SSSR count). The molecule has 0 amide bonds. The summed E-state index contributed by atoms with van der Waals surface area (Å²) >= 11 is 0. The van der Waals surface area contributed by atoms with Gasteiger partial charge in [-0.15, -0.1) is 0 Å². The van der Waals surface area contributed by atoms with E-state index in [2.05, 4.69) is 0 Å². The van der Waals surface area contributed by atoms with Gasteiger partial charge < -0.3 is 5.11 Å². The molecule has 2 aromatic rings. The predicted octanol–water partition coefficient (Wildman–Crippen LogP) is 4.38. The van der Waals surface area contributed by atoms with E-state index in [0.717, 1.165) is 0 Å². The summed E-state index contributed by atoms with van der Waals surface area (Å²) in [6.45, 7) is 1.32. The van der Waals surface area contributed by atoms with Crippen molar-refractivity contribution >= 4 is 5.97 Å². The SMILES string of the molecule is Cc1cc(-c2ccccc2)c(C(=O)O)cc1C(F)(F)F. The summed E-state index contributed by atoms with van der Waals surface area (Å²) in [7, 11) is 0. The molecular weight excluding hydrogens is 269 g/mol. The molecule has 0 aliphatic heterocycles. The van der Waals surface area contributed by atoms with Gasteiger partial charge in [-0.05, 0) is 35.7 Å². The van der Waals surface area contributed by atoms with E-state index in [9.17, 15) is 18.0 Å². The minimum absolute atomic E-state index is 0.00125. The van der Waals surface area contributed by atoms with Crippen LogP contribution in [0.15, 0.2) is 42.5 Å². The number of halogens is 3. The molecule has 0 saturated heterocycles. The second-order valence-corrected chi connectivity index (χ2v) is 4.38. The molecule has 104 valence electrons. The van der Waals surface area contributed by atoms with E-state index in [4.69, 9.17) is 5.11 Å². The van der Waals surface area contributed by atoms with Crippen molar-refractivity contribution < 1.29 is 23.1 Å². The summed E-state index contributed by atoms with van der Waals surface area (Å²) in [6.07, 6.45) is -4.57. The predicted molar refractivity (Wildman–Crippen MR) is 68.6 cm³/mol. The largest absolute Gasteiger partial charge is 0.478 e. The van der Waals surface area contributed by atoms with Crippen molar-refractivity contribution in [2.75, 3.05) is 0 Å². The minimum atomic E-state index is -4.57. The van der Waals surface area contributed by atoms with E-state index in [1.165, 1.54) is 13.0 Å². The van der Waals surface area contributed by atoms with Crippen LogP contribution >= 0.6 is 0 Å². The molecule has 0 heterocycles. The normalized spacial score (nSPS) is 11.4. The Morgan fingerprint density at radius 3 is 2.20 bits per heavy atom. The van der Waals surface area contributed by atoms with Gasteiger partial charge >= 0.3 is 12.1 Å². The van der Waals surface area contributed by atoms with Crippen molar-refractivity contribution in [2.45, 2.75) is 13.1 Å². The summed E-state index contributed by atoms with van der Waals surface area (Å²) in [4.78, 5) is 11.2. The third kappa shape index (κ3) is 2.66. The fourth-order valence-corrected chi connectivity index (χ4v) is 2.05. The van der Waals surface area contributed by atoms with Gasteiger partial charge in [-0.2, -0.15) is 13.2 Å². The molecule has 20 heavy (non-hydrogen) atoms. The van der Waals surface area contributed by atoms with Crippen LogP contribution in [0.4, 0.5) is 13.2 Å². The number of carboxylic acid groups (broad SMARTS) is 1. The van der Waals surface area contributed by atoms with Crippen LogP contribution in [0.5, 0.6) is 0 Å². The quantitative estimate of drug-likeness (QED) is 0.886. The maximum Gasteiger partial charge on any atom is 0.416 e. The van der Waals surface area contributed by atoms with Crippen LogP contribution in [0, 0.1) is 6.92 Å². The molecule has 0 aromatic heterocycles. The highest BCUT2D eigenvalue weighted by Gasteiger charge is 2.34. The molecule has 2 nitrogen and oxygen atoms in total. The van der Waals surface area contributed by atoms with Gasteiger partial charge in [0.25, 0.3) is 0 Å². The molecule has 0 aliphatic carbocycles. The van der Waals surface area contributed by atoms with E-state index in [1.807, 2.05) is 0 Å². The monoisotopic (exact) mass is 280 g/mol. The first-order valence-electron chi connectivity index (χ1n) is 5.81. The fourth-order valence-electron chi connectivity index (χ4n) is 2.05. The Labute approximate surface area is 113 Å². The van der Waals surface area contributed by atoms with Crippen LogP contribution in [0.2, 0.25) is 0 Å². The van der Waals surface area contributed by atoms with E-state index in [-0.39, 0.29) is 16.7 Å². The number of aromatic carboxylic acids is 1. The van der Waals surface area contributed by atoms with Crippen LogP contribution in [-0.4, -0.2) is 11.1 Å². The van der Waals surface area contributed by atoms with Gasteiger partial charge in [0, 0.05) is 0 Å². The average Bonchev–Trinajstić information content (AvgIpc) is 2.37. The molecule has 5 heteroatoms. The zero-order valence-electron chi connectivity index (χ0n) is 10.5. The van der Waals surface area contributed by atoms with Gasteiger partial charge in [-0.25, -0.2) is 4.79 Å². The molecular formula is C15H11F3O2. The maximum atomic E-state index is 12.8. The van der Waals surface area contributed by atoms with Crippen molar-refractivity contribution in [2.24, 2.45) is 0 Å². The first kappa shape index (κ1) is 14.1. The Morgan fingerprint density at radius 1 is 1.10 bits per heavy atom. The van der Waals surface area contributed by atoms with Gasteiger partial charge in [-0.3, -0.25) is 0 Å². The number of carboxylic acids is 1. The minimum Gasteiger partial charge on any atom is -0.478 e. The smallest absolute Gasteiger partial charge is 0.416 e. The topological polar surface area (TPSA) is 37.3 Å². The van der Waals surface area contributed by atoms with Crippen LogP contribution in [-0.2, 0) is 6.18 Å². The molecule has 0 unspecified atom stereocenters. The highest BCUT2D eigenvalue weighted by Crippen LogP contribution is 2.36. The molecule has 0 fully saturated rings. The van der Waals surface area contributed by atoms with Gasteiger partial charge in [0.05, 0.1) is 11.1 Å². The van der Waals surface area contributed by atoms with Crippen LogP contribution in [0.25, 0.3) is 11.1 Å². The molecule has 2 aromatic carbocycles. The molecule has 0 saturated carbocycles. The Hall–Kier alpha value is -2.30. The summed E-state index contributed by atoms with van der Waals surface area (Å²) in [5.41, 5.74) is -0.421. The third-order valence-electron chi connectivity index (χ3n) is 2.99. The second-order valence-electron chi connectivity index (χ2n) is 4.38. The van der Waals surface area contributed by atoms with Gasteiger partial charge in [0.15, 0.2) is 0 Å². The molecule has 0 bridgehead atoms. The van der Waals surface area contributed by atoms with Crippen LogP contribution in [0.3, 0.4) is 0 Å². The van der Waals surface area contributed by atoms with Crippen molar-refractivity contribution in [1.29, 1.82) is 0 Å². The number of alkyl halides is 3. The van der Waals surface area contributed by atoms with E-state index in [0.29, 0.717) is 11.6 Å². The molecule has 1 N–H and O–H groups in total. The van der Waals surface area contributed by atoms with Gasteiger partial charge in [0.1, 0.15) is 0 Å². The number of carbonyl (C=O) groups is 1. The lowest BCUT2D eigenvalue weighted by atomic mass is 9.94. The lowest BCUT2D eigenvalue weighted by Crippen LogP contribution is -2.11. The highest BCUT2D eigenvalue weighted by atomic mass is 19.4. The second kappa shape index (κ2) is 5.00. The van der Waals surface area contributed by atoms with Crippen molar-refractivity contribution in [3.8, 4) is 11.1 Å².